The number of anilines is 1. The zero-order chi connectivity index (χ0) is 18.8. The maximum Gasteiger partial charge on any atom is 0.285 e. The van der Waals surface area contributed by atoms with Gasteiger partial charge in [0.05, 0.1) is 11.0 Å². The zero-order valence-corrected chi connectivity index (χ0v) is 13.9. The summed E-state index contributed by atoms with van der Waals surface area (Å²) in [6.07, 6.45) is 1.91. The summed E-state index contributed by atoms with van der Waals surface area (Å²) >= 11 is 0. The summed E-state index contributed by atoms with van der Waals surface area (Å²) in [6.45, 7) is 1.73. The molecule has 1 aliphatic rings. The van der Waals surface area contributed by atoms with E-state index in [9.17, 15) is 24.1 Å². The Bertz CT molecular complexity index is 909. The van der Waals surface area contributed by atoms with Gasteiger partial charge < -0.3 is 10.6 Å². The van der Waals surface area contributed by atoms with Crippen molar-refractivity contribution in [3.8, 4) is 0 Å². The molecule has 0 atom stereocenters. The highest BCUT2D eigenvalue weighted by atomic mass is 19.1. The van der Waals surface area contributed by atoms with Gasteiger partial charge in [-0.1, -0.05) is 6.07 Å². The van der Waals surface area contributed by atoms with Crippen LogP contribution in [-0.2, 0) is 0 Å². The van der Waals surface area contributed by atoms with Crippen molar-refractivity contribution in [3.05, 3.63) is 69.0 Å². The van der Waals surface area contributed by atoms with Gasteiger partial charge >= 0.3 is 0 Å². The van der Waals surface area contributed by atoms with Crippen LogP contribution in [0, 0.1) is 22.9 Å². The number of nitro benzene ring substituents is 1. The standard InChI is InChI=1S/C18H16FN3O4/c1-10-2-3-11(17(23)20-13-5-6-13)8-15(10)21-18(24)14-7-4-12(19)9-16(14)22(25)26/h2-4,7-9,13H,5-6H2,1H3,(H,20,23)(H,21,24). The second-order valence-corrected chi connectivity index (χ2v) is 6.15. The van der Waals surface area contributed by atoms with Crippen molar-refractivity contribution in [1.82, 2.24) is 5.32 Å². The second kappa shape index (κ2) is 6.91. The number of carbonyl (C=O) groups is 2. The first-order chi connectivity index (χ1) is 12.3. The molecule has 2 N–H and O–H groups in total. The van der Waals surface area contributed by atoms with Crippen LogP contribution in [0.3, 0.4) is 0 Å². The summed E-state index contributed by atoms with van der Waals surface area (Å²) in [7, 11) is 0. The van der Waals surface area contributed by atoms with Crippen LogP contribution >= 0.6 is 0 Å². The van der Waals surface area contributed by atoms with Gasteiger partial charge in [0.25, 0.3) is 17.5 Å². The van der Waals surface area contributed by atoms with Gasteiger partial charge in [-0.05, 0) is 49.6 Å². The number of hydrogen-bond acceptors (Lipinski definition) is 4. The Hall–Kier alpha value is -3.29. The second-order valence-electron chi connectivity index (χ2n) is 6.15. The van der Waals surface area contributed by atoms with Gasteiger partial charge in [-0.25, -0.2) is 4.39 Å². The third-order valence-corrected chi connectivity index (χ3v) is 4.06. The summed E-state index contributed by atoms with van der Waals surface area (Å²) < 4.78 is 13.2. The Morgan fingerprint density at radius 2 is 1.88 bits per heavy atom. The molecule has 3 rings (SSSR count). The predicted molar refractivity (Wildman–Crippen MR) is 92.7 cm³/mol. The Balaban J connectivity index is 1.85. The summed E-state index contributed by atoms with van der Waals surface area (Å²) in [5, 5.41) is 16.5. The zero-order valence-electron chi connectivity index (χ0n) is 13.9. The van der Waals surface area contributed by atoms with Crippen molar-refractivity contribution in [2.24, 2.45) is 0 Å². The number of rotatable bonds is 5. The third kappa shape index (κ3) is 3.85. The summed E-state index contributed by atoms with van der Waals surface area (Å²) in [6, 6.07) is 7.76. The number of benzene rings is 2. The SMILES string of the molecule is Cc1ccc(C(=O)NC2CC2)cc1NC(=O)c1ccc(F)cc1[N+](=O)[O-]. The Morgan fingerprint density at radius 1 is 1.15 bits per heavy atom. The van der Waals surface area contributed by atoms with E-state index in [1.165, 1.54) is 6.07 Å². The van der Waals surface area contributed by atoms with Gasteiger partial charge in [-0.3, -0.25) is 19.7 Å². The molecule has 0 radical (unpaired) electrons. The van der Waals surface area contributed by atoms with Crippen molar-refractivity contribution < 1.29 is 18.9 Å². The fourth-order valence-electron chi connectivity index (χ4n) is 2.43. The van der Waals surface area contributed by atoms with E-state index in [0.29, 0.717) is 22.9 Å². The lowest BCUT2D eigenvalue weighted by Gasteiger charge is -2.11. The van der Waals surface area contributed by atoms with Crippen LogP contribution in [0.25, 0.3) is 0 Å². The van der Waals surface area contributed by atoms with Crippen molar-refractivity contribution in [1.29, 1.82) is 0 Å². The molecule has 0 saturated heterocycles. The highest BCUT2D eigenvalue weighted by Gasteiger charge is 2.25. The highest BCUT2D eigenvalue weighted by molar-refractivity contribution is 6.08. The van der Waals surface area contributed by atoms with Gasteiger partial charge in [0.15, 0.2) is 0 Å². The average Bonchev–Trinajstić information content (AvgIpc) is 3.40. The number of carbonyl (C=O) groups excluding carboxylic acids is 2. The number of amides is 2. The van der Waals surface area contributed by atoms with E-state index in [4.69, 9.17) is 0 Å². The van der Waals surface area contributed by atoms with Gasteiger partial charge in [0, 0.05) is 17.3 Å². The highest BCUT2D eigenvalue weighted by Crippen LogP contribution is 2.24. The summed E-state index contributed by atoms with van der Waals surface area (Å²) in [4.78, 5) is 34.8. The Kier molecular flexibility index (Phi) is 4.66. The first-order valence-corrected chi connectivity index (χ1v) is 8.02. The minimum Gasteiger partial charge on any atom is -0.349 e. The molecule has 1 saturated carbocycles. The lowest BCUT2D eigenvalue weighted by atomic mass is 10.1. The summed E-state index contributed by atoms with van der Waals surface area (Å²) in [5.41, 5.74) is 0.543. The molecule has 0 unspecified atom stereocenters. The monoisotopic (exact) mass is 357 g/mol. The van der Waals surface area contributed by atoms with Crippen molar-refractivity contribution in [2.45, 2.75) is 25.8 Å². The number of aryl methyl sites for hydroxylation is 1. The minimum atomic E-state index is -0.815. The van der Waals surface area contributed by atoms with E-state index < -0.39 is 22.3 Å². The van der Waals surface area contributed by atoms with E-state index >= 15 is 0 Å². The van der Waals surface area contributed by atoms with Crippen molar-refractivity contribution in [3.63, 3.8) is 0 Å². The Labute approximate surface area is 148 Å². The molecule has 0 bridgehead atoms. The topological polar surface area (TPSA) is 101 Å². The molecule has 134 valence electrons. The van der Waals surface area contributed by atoms with Crippen LogP contribution in [0.4, 0.5) is 15.8 Å². The van der Waals surface area contributed by atoms with Gasteiger partial charge in [-0.15, -0.1) is 0 Å². The lowest BCUT2D eigenvalue weighted by molar-refractivity contribution is -0.385. The molecule has 26 heavy (non-hydrogen) atoms. The molecule has 1 fully saturated rings. The maximum absolute atomic E-state index is 13.2. The number of nitro groups is 1. The molecule has 0 heterocycles. The molecular formula is C18H16FN3O4. The third-order valence-electron chi connectivity index (χ3n) is 4.06. The molecule has 8 heteroatoms. The molecule has 7 nitrogen and oxygen atoms in total. The smallest absolute Gasteiger partial charge is 0.285 e. The van der Waals surface area contributed by atoms with Crippen LogP contribution in [0.1, 0.15) is 39.1 Å². The first-order valence-electron chi connectivity index (χ1n) is 8.02. The lowest BCUT2D eigenvalue weighted by Crippen LogP contribution is -2.25. The molecule has 2 aromatic carbocycles. The molecule has 2 amide bonds. The Morgan fingerprint density at radius 3 is 2.54 bits per heavy atom. The van der Waals surface area contributed by atoms with Crippen molar-refractivity contribution in [2.75, 3.05) is 5.32 Å². The number of halogens is 1. The van der Waals surface area contributed by atoms with Crippen LogP contribution in [0.5, 0.6) is 0 Å². The van der Waals surface area contributed by atoms with Crippen molar-refractivity contribution >= 4 is 23.2 Å². The molecule has 2 aromatic rings. The molecule has 0 aliphatic heterocycles. The van der Waals surface area contributed by atoms with Crippen LogP contribution < -0.4 is 10.6 Å². The van der Waals surface area contributed by atoms with E-state index in [0.717, 1.165) is 25.0 Å². The fourth-order valence-corrected chi connectivity index (χ4v) is 2.43. The largest absolute Gasteiger partial charge is 0.349 e. The van der Waals surface area contributed by atoms with E-state index in [-0.39, 0.29) is 17.5 Å². The van der Waals surface area contributed by atoms with Crippen LogP contribution in [0.2, 0.25) is 0 Å². The molecule has 0 spiro atoms. The molecule has 1 aliphatic carbocycles. The predicted octanol–water partition coefficient (Wildman–Crippen LogP) is 3.19. The van der Waals surface area contributed by atoms with E-state index in [1.54, 1.807) is 19.1 Å². The number of nitrogens with zero attached hydrogens (tertiary/aromatic N) is 1. The average molecular weight is 357 g/mol. The normalized spacial score (nSPS) is 13.2. The van der Waals surface area contributed by atoms with E-state index in [1.807, 2.05) is 0 Å². The van der Waals surface area contributed by atoms with Gasteiger partial charge in [0.1, 0.15) is 11.4 Å². The van der Waals surface area contributed by atoms with E-state index in [2.05, 4.69) is 10.6 Å². The maximum atomic E-state index is 13.2. The fraction of sp³-hybridized carbons (Fsp3) is 0.222. The molecule has 0 aromatic heterocycles. The minimum absolute atomic E-state index is 0.198. The van der Waals surface area contributed by atoms with Crippen LogP contribution in [0.15, 0.2) is 36.4 Å². The summed E-state index contributed by atoms with van der Waals surface area (Å²) in [5.74, 6) is -1.79. The van der Waals surface area contributed by atoms with Crippen LogP contribution in [-0.4, -0.2) is 22.8 Å². The number of nitrogens with one attached hydrogen (secondary N) is 2. The first kappa shape index (κ1) is 17.5. The van der Waals surface area contributed by atoms with Gasteiger partial charge in [-0.2, -0.15) is 0 Å². The number of hydrogen-bond donors (Lipinski definition) is 2. The quantitative estimate of drug-likeness (QED) is 0.634. The molecular weight excluding hydrogens is 341 g/mol. The van der Waals surface area contributed by atoms with Gasteiger partial charge in [0.2, 0.25) is 0 Å².